The van der Waals surface area contributed by atoms with Gasteiger partial charge in [-0.3, -0.25) is 0 Å². The molecule has 0 aromatic heterocycles. The Bertz CT molecular complexity index is 4760. The van der Waals surface area contributed by atoms with E-state index in [1.165, 1.54) is 125 Å². The molecule has 0 bridgehead atoms. The molecule has 20 atom stereocenters. The van der Waals surface area contributed by atoms with Gasteiger partial charge in [-0.1, -0.05) is 86.0 Å². The van der Waals surface area contributed by atoms with Gasteiger partial charge in [0.25, 0.3) is 0 Å². The second kappa shape index (κ2) is 51.3. The van der Waals surface area contributed by atoms with Crippen molar-refractivity contribution in [3.05, 3.63) is 284 Å². The van der Waals surface area contributed by atoms with Crippen LogP contribution in [0, 0.1) is 23.3 Å². The number of rotatable bonds is 30. The minimum absolute atomic E-state index is 0.0332. The zero-order chi connectivity index (χ0) is 108. The molecule has 0 radical (unpaired) electrons. The molecular formula is C96H104F28O20. The van der Waals surface area contributed by atoms with Gasteiger partial charge in [0.2, 0.25) is 0 Å². The van der Waals surface area contributed by atoms with Crippen molar-refractivity contribution in [2.75, 3.05) is 26.4 Å². The van der Waals surface area contributed by atoms with Gasteiger partial charge in [0.1, 0.15) is 96.5 Å². The molecule has 6 aromatic rings. The largest absolute Gasteiger partial charge is 0.416 e. The monoisotopic (exact) mass is 2110 g/mol. The van der Waals surface area contributed by atoms with Gasteiger partial charge in [0.15, 0.2) is 25.2 Å². The summed E-state index contributed by atoms with van der Waals surface area (Å²) >= 11 is 0. The number of aliphatic hydroxyl groups excluding tert-OH is 6. The molecule has 4 heterocycles. The summed E-state index contributed by atoms with van der Waals surface area (Å²) in [5.74, 6) is -1.89. The molecular weight excluding hydrogens is 2000 g/mol. The van der Waals surface area contributed by atoms with E-state index in [0.29, 0.717) is 58.7 Å². The highest BCUT2D eigenvalue weighted by Crippen LogP contribution is 2.44. The van der Waals surface area contributed by atoms with Crippen molar-refractivity contribution in [1.82, 2.24) is 0 Å². The third kappa shape index (κ3) is 39.2. The number of allylic oxidation sites excluding steroid dienone is 8. The summed E-state index contributed by atoms with van der Waals surface area (Å²) in [4.78, 5) is 0. The lowest BCUT2D eigenvalue weighted by atomic mass is 10.0. The van der Waals surface area contributed by atoms with E-state index in [0.717, 1.165) is 12.2 Å². The Hall–Kier alpha value is -9.00. The number of halogens is 28. The van der Waals surface area contributed by atoms with Gasteiger partial charge in [-0.2, -0.15) is 105 Å². The van der Waals surface area contributed by atoms with Gasteiger partial charge in [-0.05, 0) is 200 Å². The van der Waals surface area contributed by atoms with Crippen molar-refractivity contribution < 1.29 is 220 Å². The Morgan fingerprint density at radius 3 is 0.778 bits per heavy atom. The molecule has 6 aromatic carbocycles. The van der Waals surface area contributed by atoms with Gasteiger partial charge in [-0.25, -0.2) is 17.6 Å². The maximum Gasteiger partial charge on any atom is 0.416 e. The maximum absolute atomic E-state index is 13.3. The minimum atomic E-state index is -5.09. The van der Waals surface area contributed by atoms with Gasteiger partial charge < -0.3 is 97.0 Å². The van der Waals surface area contributed by atoms with E-state index in [4.69, 9.17) is 66.3 Å². The van der Waals surface area contributed by atoms with Crippen LogP contribution >= 0.6 is 0 Å². The van der Waals surface area contributed by atoms with Crippen LogP contribution in [-0.2, 0) is 117 Å². The van der Waals surface area contributed by atoms with E-state index < -0.39 is 251 Å². The number of hydrogen-bond donors (Lipinski definition) is 6. The molecule has 0 aliphatic carbocycles. The zero-order valence-corrected chi connectivity index (χ0v) is 77.8. The highest BCUT2D eigenvalue weighted by Gasteiger charge is 2.51. The quantitative estimate of drug-likeness (QED) is 0.0181. The van der Waals surface area contributed by atoms with E-state index in [1.54, 1.807) is 41.5 Å². The summed E-state index contributed by atoms with van der Waals surface area (Å²) in [5, 5.41) is 61.3. The van der Waals surface area contributed by atoms with E-state index in [-0.39, 0.29) is 88.3 Å². The molecule has 20 nitrogen and oxygen atoms in total. The Morgan fingerprint density at radius 1 is 0.326 bits per heavy atom. The van der Waals surface area contributed by atoms with Gasteiger partial charge in [0.05, 0.1) is 122 Å². The molecule has 10 rings (SSSR count). The molecule has 144 heavy (non-hydrogen) atoms. The van der Waals surface area contributed by atoms with Crippen LogP contribution < -0.4 is 0 Å². The van der Waals surface area contributed by atoms with Gasteiger partial charge in [-0.15, -0.1) is 0 Å². The predicted octanol–water partition coefficient (Wildman–Crippen LogP) is 21.6. The summed E-state index contributed by atoms with van der Waals surface area (Å²) in [5.41, 5.74) is -12.6. The summed E-state index contributed by atoms with van der Waals surface area (Å²) in [6, 6.07) is 23.5. The van der Waals surface area contributed by atoms with Crippen LogP contribution in [0.3, 0.4) is 0 Å². The van der Waals surface area contributed by atoms with Crippen LogP contribution in [0.15, 0.2) is 205 Å². The summed E-state index contributed by atoms with van der Waals surface area (Å²) in [6.07, 6.45) is -63.1. The van der Waals surface area contributed by atoms with Crippen LogP contribution in [0.25, 0.3) is 0 Å². The topological polar surface area (TPSA) is 251 Å². The Labute approximate surface area is 806 Å². The Kier molecular flexibility index (Phi) is 43.4. The van der Waals surface area contributed by atoms with Crippen LogP contribution in [0.5, 0.6) is 0 Å². The predicted molar refractivity (Wildman–Crippen MR) is 454 cm³/mol. The van der Waals surface area contributed by atoms with Crippen molar-refractivity contribution in [3.63, 3.8) is 0 Å². The fourth-order valence-corrected chi connectivity index (χ4v) is 13.4. The van der Waals surface area contributed by atoms with E-state index in [1.807, 2.05) is 0 Å². The fraction of sp³-hybridized carbons (Fsp3) is 0.500. The summed E-state index contributed by atoms with van der Waals surface area (Å²) < 4.78 is 446. The smallest absolute Gasteiger partial charge is 0.388 e. The minimum Gasteiger partial charge on any atom is -0.388 e. The lowest BCUT2D eigenvalue weighted by Gasteiger charge is -2.43. The number of alkyl halides is 24. The average Bonchev–Trinajstić information content (AvgIpc) is 0.786. The first-order chi connectivity index (χ1) is 66.2. The Morgan fingerprint density at radius 2 is 0.556 bits per heavy atom. The molecule has 0 unspecified atom stereocenters. The maximum atomic E-state index is 13.3. The van der Waals surface area contributed by atoms with Crippen LogP contribution in [0.2, 0.25) is 0 Å². The molecule has 0 saturated carbocycles. The highest BCUT2D eigenvalue weighted by atomic mass is 19.4. The molecule has 6 N–H and O–H groups in total. The molecule has 48 heteroatoms. The molecule has 4 aliphatic rings. The zero-order valence-electron chi connectivity index (χ0n) is 77.8. The molecule has 0 spiro atoms. The lowest BCUT2D eigenvalue weighted by molar-refractivity contribution is -0.311. The number of hydrogen-bond acceptors (Lipinski definition) is 20. The number of aliphatic hydroxyl groups is 6. The van der Waals surface area contributed by atoms with Crippen molar-refractivity contribution in [1.29, 1.82) is 0 Å². The van der Waals surface area contributed by atoms with Crippen molar-refractivity contribution in [2.45, 2.75) is 279 Å². The third-order valence-corrected chi connectivity index (χ3v) is 20.7. The molecule has 804 valence electrons. The molecule has 4 aliphatic heterocycles. The standard InChI is InChI=1S/2C26H29F7O5.2C22H23F7O5/c2*1-14(16-9-17(25(28,29)30)11-18(10-16)26(31,32)33)37-23-22(35-12-15-5-7-19(27)8-6-15)21(20(34)13-36-23)38-24(2,3)4;2*1-12(21(24,25)26)9-15(22(27,28)29)6-3-13(2)34-20-19(18(31)17(30)11-33-20)32-10-14-4-7-16(23)8-5-14/h2*5-11,14,20-23,34H,12-13H2,1-4H3;2*3-9,13,17-20,30-31H,1,10-11H2,2H3/b;;2*6-3+,15-9+/t14-,20+,21+,22-,23+;14-,20+,21+,22-,23-;13-,17+,18+,19-,20+;13-,17+,18+,19-,20-/m1111/s1. The van der Waals surface area contributed by atoms with Crippen molar-refractivity contribution in [3.8, 4) is 0 Å². The SMILES string of the molecule is C=C(/C=C(\C=C\[C@@H](C)O[C@@H]1OC[C@H](O)[C@H](O)[C@H]1OCc1ccc(F)cc1)C(F)(F)F)C(F)(F)F.C=C(/C=C(\C=C\[C@@H](C)O[C@H]1OC[C@H](O)[C@H](O)[C@H]1OCc1ccc(F)cc1)C(F)(F)F)C(F)(F)F.C[C@@H](O[C@@H]1OC[C@H](O)[C@H](OC(C)(C)C)[C@H]1OCc1ccc(F)cc1)c1cc(C(F)(F)F)cc(C(F)(F)F)c1.C[C@@H](O[C@H]1OC[C@H](O)[C@H](OC(C)(C)C)[C@H]1OCc1ccc(F)cc1)c1cc(C(F)(F)F)cc(C(F)(F)F)c1. The second-order valence-electron chi connectivity index (χ2n) is 34.9. The van der Waals surface area contributed by atoms with Crippen molar-refractivity contribution >= 4 is 0 Å². The van der Waals surface area contributed by atoms with Gasteiger partial charge in [0, 0.05) is 11.1 Å². The molecule has 0 amide bonds. The van der Waals surface area contributed by atoms with E-state index in [2.05, 4.69) is 13.2 Å². The normalized spacial score (nSPS) is 24.7. The summed E-state index contributed by atoms with van der Waals surface area (Å²) in [7, 11) is 0. The second-order valence-corrected chi connectivity index (χ2v) is 34.9. The Balaban J connectivity index is 0.000000261. The van der Waals surface area contributed by atoms with E-state index in [9.17, 15) is 154 Å². The third-order valence-electron chi connectivity index (χ3n) is 20.7. The average molecular weight is 2110 g/mol. The highest BCUT2D eigenvalue weighted by molar-refractivity contribution is 5.38. The first-order valence-electron chi connectivity index (χ1n) is 43.3. The first kappa shape index (κ1) is 122. The van der Waals surface area contributed by atoms with Crippen LogP contribution in [-0.4, -0.2) is 204 Å². The summed E-state index contributed by atoms with van der Waals surface area (Å²) in [6.45, 7) is 18.9. The fourth-order valence-electron chi connectivity index (χ4n) is 13.4. The first-order valence-corrected chi connectivity index (χ1v) is 43.3. The van der Waals surface area contributed by atoms with Crippen LogP contribution in [0.4, 0.5) is 123 Å². The molecule has 4 fully saturated rings. The van der Waals surface area contributed by atoms with Crippen LogP contribution in [0.1, 0.15) is 137 Å². The molecule has 4 saturated heterocycles. The lowest BCUT2D eigenvalue weighted by Crippen LogP contribution is -2.57. The van der Waals surface area contributed by atoms with Gasteiger partial charge >= 0.3 is 49.4 Å². The number of benzene rings is 6. The van der Waals surface area contributed by atoms with Crippen molar-refractivity contribution in [2.24, 2.45) is 0 Å². The van der Waals surface area contributed by atoms with E-state index >= 15 is 0 Å². The number of ether oxygens (including phenoxy) is 14.